The number of anilines is 1. The van der Waals surface area contributed by atoms with E-state index in [0.717, 1.165) is 12.1 Å². The summed E-state index contributed by atoms with van der Waals surface area (Å²) in [4.78, 5) is 38.6. The van der Waals surface area contributed by atoms with E-state index in [-0.39, 0.29) is 23.6 Å². The van der Waals surface area contributed by atoms with Crippen molar-refractivity contribution in [2.24, 2.45) is 0 Å². The maximum Gasteiger partial charge on any atom is 0.416 e. The molecule has 7 nitrogen and oxygen atoms in total. The molecule has 0 unspecified atom stereocenters. The minimum absolute atomic E-state index is 0.0860. The van der Waals surface area contributed by atoms with Gasteiger partial charge >= 0.3 is 12.1 Å². The zero-order valence-electron chi connectivity index (χ0n) is 18.2. The second-order valence-corrected chi connectivity index (χ2v) is 7.89. The average Bonchev–Trinajstić information content (AvgIpc) is 3.18. The summed E-state index contributed by atoms with van der Waals surface area (Å²) in [6, 6.07) is 3.08. The van der Waals surface area contributed by atoms with Crippen LogP contribution < -0.4 is 10.6 Å². The molecule has 1 aromatic carbocycles. The van der Waals surface area contributed by atoms with Gasteiger partial charge in [0.15, 0.2) is 0 Å². The van der Waals surface area contributed by atoms with E-state index < -0.39 is 23.6 Å². The Labute approximate surface area is 188 Å². The number of unbranched alkanes of at least 4 members (excludes halogenated alkanes) is 2. The second-order valence-electron chi connectivity index (χ2n) is 7.89. The number of rotatable bonds is 8. The lowest BCUT2D eigenvalue weighted by atomic mass is 10.0. The van der Waals surface area contributed by atoms with Crippen molar-refractivity contribution in [2.75, 3.05) is 11.9 Å². The number of carbonyl (C=O) groups excluding carboxylic acids is 2. The number of aromatic amines is 1. The van der Waals surface area contributed by atoms with Gasteiger partial charge in [-0.3, -0.25) is 14.4 Å². The van der Waals surface area contributed by atoms with Crippen LogP contribution in [0.3, 0.4) is 0 Å². The molecular formula is C23H24F3N3O4. The van der Waals surface area contributed by atoms with Crippen LogP contribution in [0.5, 0.6) is 0 Å². The standard InChI is InChI=1S/C23H24F3N3O4/c1-12-17(28-13(2)20(12)22(33)27-9-5-3-4-6-19(30)31)11-16-15-8-7-14(23(24,25)26)10-18(15)29-21(16)32/h7-8,10-11,28H,3-6,9H2,1-2H3,(H,27,33)(H,29,32)(H,30,31)/b16-11-. The van der Waals surface area contributed by atoms with Crippen molar-refractivity contribution < 1.29 is 32.7 Å². The quantitative estimate of drug-likeness (QED) is 0.341. The number of aryl methyl sites for hydroxylation is 1. The minimum atomic E-state index is -4.52. The topological polar surface area (TPSA) is 111 Å². The normalized spacial score (nSPS) is 14.3. The third kappa shape index (κ3) is 5.44. The van der Waals surface area contributed by atoms with Crippen molar-refractivity contribution >= 4 is 35.1 Å². The fourth-order valence-corrected chi connectivity index (χ4v) is 3.79. The van der Waals surface area contributed by atoms with Crippen molar-refractivity contribution in [2.45, 2.75) is 45.7 Å². The van der Waals surface area contributed by atoms with Crippen molar-refractivity contribution in [3.05, 3.63) is 51.8 Å². The maximum absolute atomic E-state index is 13.0. The monoisotopic (exact) mass is 463 g/mol. The highest BCUT2D eigenvalue weighted by atomic mass is 19.4. The summed E-state index contributed by atoms with van der Waals surface area (Å²) in [5.74, 6) is -1.67. The van der Waals surface area contributed by atoms with Gasteiger partial charge < -0.3 is 20.7 Å². The maximum atomic E-state index is 13.0. The first kappa shape index (κ1) is 24.1. The molecule has 0 spiro atoms. The molecule has 10 heteroatoms. The van der Waals surface area contributed by atoms with Crippen LogP contribution in [0.1, 0.15) is 64.1 Å². The van der Waals surface area contributed by atoms with Gasteiger partial charge in [0.1, 0.15) is 0 Å². The highest BCUT2D eigenvalue weighted by Gasteiger charge is 2.33. The fourth-order valence-electron chi connectivity index (χ4n) is 3.79. The van der Waals surface area contributed by atoms with Crippen LogP contribution in [-0.2, 0) is 15.8 Å². The predicted octanol–water partition coefficient (Wildman–Crippen LogP) is 4.52. The van der Waals surface area contributed by atoms with E-state index in [9.17, 15) is 27.6 Å². The molecule has 0 bridgehead atoms. The third-order valence-corrected chi connectivity index (χ3v) is 5.47. The number of aliphatic carboxylic acids is 1. The van der Waals surface area contributed by atoms with E-state index in [0.29, 0.717) is 53.9 Å². The summed E-state index contributed by atoms with van der Waals surface area (Å²) in [5.41, 5.74) is 1.93. The van der Waals surface area contributed by atoms with E-state index in [2.05, 4.69) is 15.6 Å². The van der Waals surface area contributed by atoms with E-state index in [1.165, 1.54) is 12.1 Å². The molecule has 4 N–H and O–H groups in total. The minimum Gasteiger partial charge on any atom is -0.481 e. The van der Waals surface area contributed by atoms with E-state index in [1.54, 1.807) is 13.8 Å². The van der Waals surface area contributed by atoms with Crippen LogP contribution >= 0.6 is 0 Å². The first-order valence-corrected chi connectivity index (χ1v) is 10.4. The van der Waals surface area contributed by atoms with Crippen LogP contribution in [-0.4, -0.2) is 34.4 Å². The Morgan fingerprint density at radius 3 is 2.55 bits per heavy atom. The zero-order chi connectivity index (χ0) is 24.3. The van der Waals surface area contributed by atoms with Gasteiger partial charge in [-0.25, -0.2) is 0 Å². The number of hydrogen-bond donors (Lipinski definition) is 4. The average molecular weight is 463 g/mol. The number of benzene rings is 1. The Kier molecular flexibility index (Phi) is 6.95. The summed E-state index contributed by atoms with van der Waals surface area (Å²) < 4.78 is 38.9. The number of carbonyl (C=O) groups is 3. The molecule has 0 aliphatic carbocycles. The van der Waals surface area contributed by atoms with Crippen molar-refractivity contribution in [1.29, 1.82) is 0 Å². The predicted molar refractivity (Wildman–Crippen MR) is 117 cm³/mol. The van der Waals surface area contributed by atoms with Gasteiger partial charge in [0.25, 0.3) is 11.8 Å². The number of carboxylic acids is 1. The number of H-pyrrole nitrogens is 1. The summed E-state index contributed by atoms with van der Waals surface area (Å²) in [5, 5.41) is 13.9. The number of hydrogen-bond acceptors (Lipinski definition) is 3. The van der Waals surface area contributed by atoms with E-state index in [1.807, 2.05) is 0 Å². The van der Waals surface area contributed by atoms with Crippen LogP contribution in [0.15, 0.2) is 18.2 Å². The summed E-state index contributed by atoms with van der Waals surface area (Å²) in [7, 11) is 0. The molecule has 1 aliphatic rings. The molecule has 2 heterocycles. The van der Waals surface area contributed by atoms with Crippen molar-refractivity contribution in [1.82, 2.24) is 10.3 Å². The first-order chi connectivity index (χ1) is 15.5. The Bertz CT molecular complexity index is 1130. The number of alkyl halides is 3. The Hall–Kier alpha value is -3.56. The molecule has 0 saturated heterocycles. The molecule has 1 aliphatic heterocycles. The van der Waals surface area contributed by atoms with Gasteiger partial charge in [0, 0.05) is 35.6 Å². The molecule has 0 radical (unpaired) electrons. The fraction of sp³-hybridized carbons (Fsp3) is 0.348. The number of aromatic nitrogens is 1. The molecule has 0 fully saturated rings. The molecule has 3 rings (SSSR count). The lowest BCUT2D eigenvalue weighted by Crippen LogP contribution is -2.25. The lowest BCUT2D eigenvalue weighted by molar-refractivity contribution is -0.138. The lowest BCUT2D eigenvalue weighted by Gasteiger charge is -2.08. The van der Waals surface area contributed by atoms with Gasteiger partial charge in [0.2, 0.25) is 0 Å². The van der Waals surface area contributed by atoms with E-state index in [4.69, 9.17) is 5.11 Å². The summed E-state index contributed by atoms with van der Waals surface area (Å²) >= 11 is 0. The van der Waals surface area contributed by atoms with Gasteiger partial charge in [-0.15, -0.1) is 0 Å². The van der Waals surface area contributed by atoms with Crippen molar-refractivity contribution in [3.8, 4) is 0 Å². The van der Waals surface area contributed by atoms with Gasteiger partial charge in [-0.2, -0.15) is 13.2 Å². The van der Waals surface area contributed by atoms with Gasteiger partial charge in [-0.05, 0) is 50.5 Å². The molecular weight excluding hydrogens is 439 g/mol. The SMILES string of the molecule is Cc1[nH]c(/C=C2\C(=O)Nc3cc(C(F)(F)F)ccc32)c(C)c1C(=O)NCCCCCC(=O)O. The molecule has 0 atom stereocenters. The Morgan fingerprint density at radius 1 is 1.15 bits per heavy atom. The molecule has 0 saturated carbocycles. The largest absolute Gasteiger partial charge is 0.481 e. The van der Waals surface area contributed by atoms with Crippen LogP contribution in [0.4, 0.5) is 18.9 Å². The van der Waals surface area contributed by atoms with Gasteiger partial charge in [0.05, 0.1) is 16.7 Å². The highest BCUT2D eigenvalue weighted by molar-refractivity contribution is 6.35. The first-order valence-electron chi connectivity index (χ1n) is 10.4. The van der Waals surface area contributed by atoms with E-state index >= 15 is 0 Å². The summed E-state index contributed by atoms with van der Waals surface area (Å²) in [6.45, 7) is 3.84. The smallest absolute Gasteiger partial charge is 0.416 e. The van der Waals surface area contributed by atoms with Crippen LogP contribution in [0.25, 0.3) is 11.6 Å². The molecule has 2 amide bonds. The number of carboxylic acid groups (broad SMARTS) is 1. The number of halogens is 3. The molecule has 33 heavy (non-hydrogen) atoms. The third-order valence-electron chi connectivity index (χ3n) is 5.47. The number of nitrogens with one attached hydrogen (secondary N) is 3. The Morgan fingerprint density at radius 2 is 1.88 bits per heavy atom. The van der Waals surface area contributed by atoms with Crippen LogP contribution in [0, 0.1) is 13.8 Å². The van der Waals surface area contributed by atoms with Crippen LogP contribution in [0.2, 0.25) is 0 Å². The molecule has 2 aromatic rings. The zero-order valence-corrected chi connectivity index (χ0v) is 18.2. The second kappa shape index (κ2) is 9.51. The Balaban J connectivity index is 1.76. The molecule has 1 aromatic heterocycles. The number of amides is 2. The highest BCUT2D eigenvalue weighted by Crippen LogP contribution is 2.38. The van der Waals surface area contributed by atoms with Crippen molar-refractivity contribution in [3.63, 3.8) is 0 Å². The van der Waals surface area contributed by atoms with Gasteiger partial charge in [-0.1, -0.05) is 12.5 Å². The molecule has 176 valence electrons. The number of fused-ring (bicyclic) bond motifs is 1. The summed E-state index contributed by atoms with van der Waals surface area (Å²) in [6.07, 6.45) is -1.03.